The Morgan fingerprint density at radius 2 is 1.46 bits per heavy atom. The molecule has 130 valence electrons. The topological polar surface area (TPSA) is 29.5 Å². The summed E-state index contributed by atoms with van der Waals surface area (Å²) in [5.41, 5.74) is 4.19. The Morgan fingerprint density at radius 3 is 2.15 bits per heavy atom. The molecule has 26 heavy (non-hydrogen) atoms. The maximum Gasteiger partial charge on any atom is 0.137 e. The maximum atomic E-state index is 10.9. The second kappa shape index (κ2) is 7.19. The van der Waals surface area contributed by atoms with Gasteiger partial charge in [0, 0.05) is 22.6 Å². The molecule has 1 N–H and O–H groups in total. The molecule has 1 aliphatic rings. The van der Waals surface area contributed by atoms with E-state index >= 15 is 0 Å². The van der Waals surface area contributed by atoms with E-state index in [1.54, 1.807) is 0 Å². The lowest BCUT2D eigenvalue weighted by Crippen LogP contribution is -2.24. The first-order valence-corrected chi connectivity index (χ1v) is 9.09. The van der Waals surface area contributed by atoms with Crippen molar-refractivity contribution in [1.29, 1.82) is 0 Å². The molecule has 0 aliphatic carbocycles. The van der Waals surface area contributed by atoms with Crippen LogP contribution in [0.5, 0.6) is 5.75 Å². The van der Waals surface area contributed by atoms with Crippen LogP contribution in [0.1, 0.15) is 36.0 Å². The van der Waals surface area contributed by atoms with E-state index in [9.17, 15) is 5.11 Å². The molecule has 3 aromatic carbocycles. The van der Waals surface area contributed by atoms with Gasteiger partial charge < -0.3 is 9.84 Å². The molecule has 0 bridgehead atoms. The van der Waals surface area contributed by atoms with Crippen LogP contribution in [0.3, 0.4) is 0 Å². The van der Waals surface area contributed by atoms with Gasteiger partial charge in [0.25, 0.3) is 0 Å². The van der Waals surface area contributed by atoms with Gasteiger partial charge in [-0.3, -0.25) is 0 Å². The summed E-state index contributed by atoms with van der Waals surface area (Å²) in [6.07, 6.45) is 0.0735. The number of aliphatic hydroxyl groups excluding tert-OH is 1. The predicted molar refractivity (Wildman–Crippen MR) is 105 cm³/mol. The molecule has 0 spiro atoms. The quantitative estimate of drug-likeness (QED) is 0.688. The van der Waals surface area contributed by atoms with Crippen molar-refractivity contribution in [2.24, 2.45) is 0 Å². The van der Waals surface area contributed by atoms with Crippen LogP contribution in [0.2, 0.25) is 0 Å². The first-order valence-electron chi connectivity index (χ1n) is 9.09. The van der Waals surface area contributed by atoms with Gasteiger partial charge in [-0.15, -0.1) is 0 Å². The van der Waals surface area contributed by atoms with E-state index in [1.165, 1.54) is 5.56 Å². The third kappa shape index (κ3) is 2.93. The number of benzene rings is 3. The summed E-state index contributed by atoms with van der Waals surface area (Å²) < 4.78 is 6.32. The minimum absolute atomic E-state index is 0.0219. The fourth-order valence-corrected chi connectivity index (χ4v) is 3.66. The molecule has 2 nitrogen and oxygen atoms in total. The highest BCUT2D eigenvalue weighted by molar-refractivity contribution is 5.73. The number of hydrogen-bond donors (Lipinski definition) is 1. The molecule has 0 saturated carbocycles. The Kier molecular flexibility index (Phi) is 4.59. The van der Waals surface area contributed by atoms with Crippen LogP contribution in [-0.2, 0) is 0 Å². The van der Waals surface area contributed by atoms with Crippen LogP contribution < -0.4 is 4.74 Å². The van der Waals surface area contributed by atoms with Crippen LogP contribution in [0.4, 0.5) is 0 Å². The zero-order valence-corrected chi connectivity index (χ0v) is 14.8. The fourth-order valence-electron chi connectivity index (χ4n) is 3.66. The minimum Gasteiger partial charge on any atom is -0.456 e. The van der Waals surface area contributed by atoms with Crippen molar-refractivity contribution in [1.82, 2.24) is 0 Å². The van der Waals surface area contributed by atoms with E-state index in [2.05, 4.69) is 18.2 Å². The lowest BCUT2D eigenvalue weighted by atomic mass is 9.78. The molecule has 2 unspecified atom stereocenters. The summed E-state index contributed by atoms with van der Waals surface area (Å²) in [6.45, 7) is 2.00. The number of hydrogen-bond acceptors (Lipinski definition) is 2. The highest BCUT2D eigenvalue weighted by Gasteiger charge is 2.34. The second-order valence-electron chi connectivity index (χ2n) is 6.56. The molecule has 1 heterocycles. The van der Waals surface area contributed by atoms with Crippen molar-refractivity contribution < 1.29 is 9.84 Å². The summed E-state index contributed by atoms with van der Waals surface area (Å²) in [5, 5.41) is 10.9. The molecule has 1 aliphatic heterocycles. The van der Waals surface area contributed by atoms with Crippen molar-refractivity contribution in [3.8, 4) is 5.75 Å². The van der Waals surface area contributed by atoms with Crippen molar-refractivity contribution >= 4 is 5.76 Å². The first kappa shape index (κ1) is 16.6. The summed E-state index contributed by atoms with van der Waals surface area (Å²) >= 11 is 0. The van der Waals surface area contributed by atoms with E-state index in [0.29, 0.717) is 6.42 Å². The molecule has 2 atom stereocenters. The Hall–Kier alpha value is -2.84. The predicted octanol–water partition coefficient (Wildman–Crippen LogP) is 5.39. The molecule has 0 saturated heterocycles. The fraction of sp³-hybridized carbons (Fsp3) is 0.167. The molecular weight excluding hydrogens is 320 g/mol. The van der Waals surface area contributed by atoms with Gasteiger partial charge in [0.15, 0.2) is 0 Å². The maximum absolute atomic E-state index is 10.9. The average molecular weight is 342 g/mol. The largest absolute Gasteiger partial charge is 0.456 e. The minimum atomic E-state index is -0.566. The highest BCUT2D eigenvalue weighted by atomic mass is 16.5. The lowest BCUT2D eigenvalue weighted by Gasteiger charge is -2.33. The second-order valence-corrected chi connectivity index (χ2v) is 6.56. The van der Waals surface area contributed by atoms with E-state index in [1.807, 2.05) is 73.7 Å². The van der Waals surface area contributed by atoms with Crippen molar-refractivity contribution in [2.45, 2.75) is 25.4 Å². The van der Waals surface area contributed by atoms with E-state index in [4.69, 9.17) is 4.74 Å². The Bertz CT molecular complexity index is 913. The number of aliphatic hydroxyl groups is 1. The SMILES string of the molecule is CCC(O)C1=C(c2ccccc2)Oc2ccccc2C1c1ccccc1. The highest BCUT2D eigenvalue weighted by Crippen LogP contribution is 2.47. The van der Waals surface area contributed by atoms with Crippen LogP contribution >= 0.6 is 0 Å². The van der Waals surface area contributed by atoms with E-state index < -0.39 is 6.10 Å². The van der Waals surface area contributed by atoms with Crippen molar-refractivity contribution in [3.63, 3.8) is 0 Å². The van der Waals surface area contributed by atoms with Crippen LogP contribution in [0.25, 0.3) is 5.76 Å². The Labute approximate surface area is 154 Å². The van der Waals surface area contributed by atoms with Crippen molar-refractivity contribution in [3.05, 3.63) is 107 Å². The van der Waals surface area contributed by atoms with Crippen molar-refractivity contribution in [2.75, 3.05) is 0 Å². The van der Waals surface area contributed by atoms with E-state index in [0.717, 1.165) is 28.2 Å². The summed E-state index contributed by atoms with van der Waals surface area (Å²) in [4.78, 5) is 0. The summed E-state index contributed by atoms with van der Waals surface area (Å²) in [5.74, 6) is 1.60. The average Bonchev–Trinajstić information content (AvgIpc) is 2.73. The number of rotatable bonds is 4. The number of para-hydroxylation sites is 1. The monoisotopic (exact) mass is 342 g/mol. The summed E-state index contributed by atoms with van der Waals surface area (Å²) in [6, 6.07) is 28.5. The lowest BCUT2D eigenvalue weighted by molar-refractivity contribution is 0.197. The number of fused-ring (bicyclic) bond motifs is 1. The van der Waals surface area contributed by atoms with Crippen LogP contribution in [0.15, 0.2) is 90.5 Å². The van der Waals surface area contributed by atoms with Gasteiger partial charge >= 0.3 is 0 Å². The van der Waals surface area contributed by atoms with Gasteiger partial charge in [0.1, 0.15) is 11.5 Å². The third-order valence-corrected chi connectivity index (χ3v) is 4.93. The molecule has 0 fully saturated rings. The Morgan fingerprint density at radius 1 is 0.846 bits per heavy atom. The zero-order valence-electron chi connectivity index (χ0n) is 14.8. The normalized spacial score (nSPS) is 17.4. The van der Waals surface area contributed by atoms with Gasteiger partial charge in [0.05, 0.1) is 6.10 Å². The molecule has 0 amide bonds. The van der Waals surface area contributed by atoms with Crippen LogP contribution in [0, 0.1) is 0 Å². The number of ether oxygens (including phenoxy) is 1. The molecule has 0 radical (unpaired) electrons. The van der Waals surface area contributed by atoms with E-state index in [-0.39, 0.29) is 5.92 Å². The molecule has 0 aromatic heterocycles. The first-order chi connectivity index (χ1) is 12.8. The smallest absolute Gasteiger partial charge is 0.137 e. The molecule has 2 heteroatoms. The van der Waals surface area contributed by atoms with Gasteiger partial charge in [-0.2, -0.15) is 0 Å². The zero-order chi connectivity index (χ0) is 17.9. The van der Waals surface area contributed by atoms with Gasteiger partial charge in [-0.1, -0.05) is 85.8 Å². The van der Waals surface area contributed by atoms with Gasteiger partial charge in [0.2, 0.25) is 0 Å². The van der Waals surface area contributed by atoms with Crippen LogP contribution in [-0.4, -0.2) is 11.2 Å². The third-order valence-electron chi connectivity index (χ3n) is 4.93. The molecule has 3 aromatic rings. The Balaban J connectivity index is 1.99. The molecule has 4 rings (SSSR count). The van der Waals surface area contributed by atoms with Gasteiger partial charge in [-0.05, 0) is 18.1 Å². The molecular formula is C24H22O2. The van der Waals surface area contributed by atoms with Gasteiger partial charge in [-0.25, -0.2) is 0 Å². The summed E-state index contributed by atoms with van der Waals surface area (Å²) in [7, 11) is 0. The standard InChI is InChI=1S/C24H22O2/c1-2-20(25)23-22(17-11-5-3-6-12-17)19-15-9-10-16-21(19)26-24(23)18-13-7-4-8-14-18/h3-16,20,22,25H,2H2,1H3.